The molecule has 1 aliphatic rings. The van der Waals surface area contributed by atoms with E-state index in [0.29, 0.717) is 13.1 Å². The summed E-state index contributed by atoms with van der Waals surface area (Å²) in [5, 5.41) is 0. The SMILES string of the molecule is CC(C)(C)OC(=O)NS(=O)(=O)NCC(C)(C)C1CCN(C(=O)OC(C)(C)C)CC1. The number of nitrogens with one attached hydrogen (secondary N) is 2. The maximum Gasteiger partial charge on any atom is 0.422 e. The van der Waals surface area contributed by atoms with Gasteiger partial charge in [-0.05, 0) is 65.7 Å². The number of carbonyl (C=O) groups is 2. The highest BCUT2D eigenvalue weighted by molar-refractivity contribution is 7.88. The normalized spacial score (nSPS) is 17.0. The van der Waals surface area contributed by atoms with Gasteiger partial charge in [-0.15, -0.1) is 0 Å². The zero-order valence-corrected chi connectivity index (χ0v) is 19.7. The molecule has 1 fully saturated rings. The Balaban J connectivity index is 2.55. The van der Waals surface area contributed by atoms with Crippen LogP contribution in [0.15, 0.2) is 0 Å². The Hall–Kier alpha value is -1.55. The van der Waals surface area contributed by atoms with Crippen LogP contribution in [0.4, 0.5) is 9.59 Å². The lowest BCUT2D eigenvalue weighted by Crippen LogP contribution is -2.49. The van der Waals surface area contributed by atoms with Crippen LogP contribution in [0.1, 0.15) is 68.2 Å². The molecule has 0 bridgehead atoms. The Morgan fingerprint density at radius 1 is 0.931 bits per heavy atom. The highest BCUT2D eigenvalue weighted by Crippen LogP contribution is 2.35. The van der Waals surface area contributed by atoms with Crippen molar-refractivity contribution in [1.82, 2.24) is 14.3 Å². The number of piperidine rings is 1. The second-order valence-electron chi connectivity index (χ2n) is 10.2. The Bertz CT molecular complexity index is 684. The molecule has 1 heterocycles. The summed E-state index contributed by atoms with van der Waals surface area (Å²) in [7, 11) is -4.03. The van der Waals surface area contributed by atoms with Crippen molar-refractivity contribution in [3.63, 3.8) is 0 Å². The fourth-order valence-corrected chi connectivity index (χ4v) is 3.94. The molecule has 9 nitrogen and oxygen atoms in total. The number of ether oxygens (including phenoxy) is 2. The van der Waals surface area contributed by atoms with Crippen LogP contribution in [0.25, 0.3) is 0 Å². The molecule has 0 aromatic rings. The predicted molar refractivity (Wildman–Crippen MR) is 111 cm³/mol. The monoisotopic (exact) mass is 435 g/mol. The summed E-state index contributed by atoms with van der Waals surface area (Å²) in [6.45, 7) is 15.7. The van der Waals surface area contributed by atoms with E-state index in [9.17, 15) is 18.0 Å². The summed E-state index contributed by atoms with van der Waals surface area (Å²) >= 11 is 0. The molecule has 1 aliphatic heterocycles. The maximum atomic E-state index is 12.2. The van der Waals surface area contributed by atoms with E-state index in [0.717, 1.165) is 12.8 Å². The van der Waals surface area contributed by atoms with Gasteiger partial charge in [0.1, 0.15) is 11.2 Å². The van der Waals surface area contributed by atoms with Gasteiger partial charge in [-0.1, -0.05) is 13.8 Å². The lowest BCUT2D eigenvalue weighted by atomic mass is 9.74. The van der Waals surface area contributed by atoms with E-state index in [2.05, 4.69) is 4.72 Å². The van der Waals surface area contributed by atoms with Gasteiger partial charge in [-0.25, -0.2) is 14.3 Å². The van der Waals surface area contributed by atoms with Crippen LogP contribution in [0.3, 0.4) is 0 Å². The number of likely N-dealkylation sites (tertiary alicyclic amines) is 1. The van der Waals surface area contributed by atoms with E-state index in [1.54, 1.807) is 25.7 Å². The van der Waals surface area contributed by atoms with E-state index < -0.39 is 27.5 Å². The predicted octanol–water partition coefficient (Wildman–Crippen LogP) is 3.02. The highest BCUT2D eigenvalue weighted by atomic mass is 32.2. The van der Waals surface area contributed by atoms with Crippen molar-refractivity contribution in [1.29, 1.82) is 0 Å². The van der Waals surface area contributed by atoms with Gasteiger partial charge in [0.15, 0.2) is 0 Å². The fourth-order valence-electron chi connectivity index (χ4n) is 3.04. The van der Waals surface area contributed by atoms with Gasteiger partial charge in [0.2, 0.25) is 0 Å². The van der Waals surface area contributed by atoms with Crippen LogP contribution in [0.2, 0.25) is 0 Å². The largest absolute Gasteiger partial charge is 0.444 e. The van der Waals surface area contributed by atoms with Crippen LogP contribution in [0, 0.1) is 11.3 Å². The van der Waals surface area contributed by atoms with E-state index >= 15 is 0 Å². The van der Waals surface area contributed by atoms with Crippen molar-refractivity contribution < 1.29 is 27.5 Å². The van der Waals surface area contributed by atoms with Gasteiger partial charge in [0.05, 0.1) is 0 Å². The zero-order chi connectivity index (χ0) is 22.7. The number of amides is 2. The zero-order valence-electron chi connectivity index (χ0n) is 18.9. The van der Waals surface area contributed by atoms with Crippen LogP contribution in [-0.2, 0) is 19.7 Å². The number of hydrogen-bond donors (Lipinski definition) is 2. The third-order valence-corrected chi connectivity index (χ3v) is 5.55. The Morgan fingerprint density at radius 2 is 1.41 bits per heavy atom. The summed E-state index contributed by atoms with van der Waals surface area (Å²) in [4.78, 5) is 25.6. The second-order valence-corrected chi connectivity index (χ2v) is 11.7. The third-order valence-electron chi connectivity index (χ3n) is 4.59. The molecule has 10 heteroatoms. The molecule has 29 heavy (non-hydrogen) atoms. The second kappa shape index (κ2) is 9.07. The van der Waals surface area contributed by atoms with Crippen molar-refractivity contribution in [3.05, 3.63) is 0 Å². The third kappa shape index (κ3) is 9.66. The van der Waals surface area contributed by atoms with Crippen molar-refractivity contribution >= 4 is 22.4 Å². The minimum Gasteiger partial charge on any atom is -0.444 e. The summed E-state index contributed by atoms with van der Waals surface area (Å²) in [6, 6.07) is 0. The standard InChI is InChI=1S/C19H37N3O6S/c1-17(2,3)27-15(23)21-29(25,26)20-13-19(7,8)14-9-11-22(12-10-14)16(24)28-18(4,5)6/h14,20H,9-13H2,1-8H3,(H,21,23). The van der Waals surface area contributed by atoms with Crippen molar-refractivity contribution in [2.45, 2.75) is 79.4 Å². The van der Waals surface area contributed by atoms with Gasteiger partial charge >= 0.3 is 22.4 Å². The molecule has 0 radical (unpaired) electrons. The summed E-state index contributed by atoms with van der Waals surface area (Å²) < 4.78 is 38.9. The summed E-state index contributed by atoms with van der Waals surface area (Å²) in [6.07, 6.45) is 0.144. The van der Waals surface area contributed by atoms with Crippen molar-refractivity contribution in [2.24, 2.45) is 11.3 Å². The topological polar surface area (TPSA) is 114 Å². The first kappa shape index (κ1) is 25.5. The molecule has 1 rings (SSSR count). The number of nitrogens with zero attached hydrogens (tertiary/aromatic N) is 1. The Labute approximate surface area is 175 Å². The quantitative estimate of drug-likeness (QED) is 0.686. The molecule has 0 atom stereocenters. The molecule has 2 N–H and O–H groups in total. The first-order valence-electron chi connectivity index (χ1n) is 9.88. The lowest BCUT2D eigenvalue weighted by molar-refractivity contribution is 0.0121. The molecule has 0 saturated carbocycles. The van der Waals surface area contributed by atoms with Crippen LogP contribution in [0.5, 0.6) is 0 Å². The van der Waals surface area contributed by atoms with Crippen LogP contribution in [-0.4, -0.2) is 56.3 Å². The minimum atomic E-state index is -4.03. The molecule has 0 aromatic carbocycles. The molecular weight excluding hydrogens is 398 g/mol. The van der Waals surface area contributed by atoms with E-state index in [1.165, 1.54) is 0 Å². The summed E-state index contributed by atoms with van der Waals surface area (Å²) in [5.41, 5.74) is -1.68. The summed E-state index contributed by atoms with van der Waals surface area (Å²) in [5.74, 6) is 0.213. The highest BCUT2D eigenvalue weighted by Gasteiger charge is 2.36. The first-order chi connectivity index (χ1) is 12.9. The molecule has 0 unspecified atom stereocenters. The average molecular weight is 436 g/mol. The molecular formula is C19H37N3O6S. The van der Waals surface area contributed by atoms with Gasteiger partial charge in [-0.3, -0.25) is 0 Å². The molecule has 0 aromatic heterocycles. The van der Waals surface area contributed by atoms with Crippen LogP contribution >= 0.6 is 0 Å². The molecule has 0 aliphatic carbocycles. The molecule has 2 amide bonds. The van der Waals surface area contributed by atoms with E-state index in [1.807, 2.05) is 39.3 Å². The lowest BCUT2D eigenvalue weighted by Gasteiger charge is -2.40. The smallest absolute Gasteiger partial charge is 0.422 e. The van der Waals surface area contributed by atoms with E-state index in [-0.39, 0.29) is 24.0 Å². The van der Waals surface area contributed by atoms with Crippen LogP contribution < -0.4 is 9.44 Å². The first-order valence-corrected chi connectivity index (χ1v) is 11.4. The van der Waals surface area contributed by atoms with E-state index in [4.69, 9.17) is 9.47 Å². The number of hydrogen-bond acceptors (Lipinski definition) is 6. The molecule has 170 valence electrons. The minimum absolute atomic E-state index is 0.155. The number of rotatable bonds is 5. The van der Waals surface area contributed by atoms with Gasteiger partial charge < -0.3 is 14.4 Å². The Kier molecular flexibility index (Phi) is 7.98. The average Bonchev–Trinajstić information content (AvgIpc) is 2.49. The Morgan fingerprint density at radius 3 is 1.86 bits per heavy atom. The van der Waals surface area contributed by atoms with Crippen molar-refractivity contribution in [3.8, 4) is 0 Å². The molecule has 0 spiro atoms. The van der Waals surface area contributed by atoms with Gasteiger partial charge in [-0.2, -0.15) is 13.1 Å². The maximum absolute atomic E-state index is 12.2. The van der Waals surface area contributed by atoms with Gasteiger partial charge in [0, 0.05) is 19.6 Å². The van der Waals surface area contributed by atoms with Gasteiger partial charge in [0.25, 0.3) is 0 Å². The molecule has 1 saturated heterocycles. The fraction of sp³-hybridized carbons (Fsp3) is 0.895. The van der Waals surface area contributed by atoms with Crippen molar-refractivity contribution in [2.75, 3.05) is 19.6 Å². The number of carbonyl (C=O) groups excluding carboxylic acids is 2.